The van der Waals surface area contributed by atoms with Crippen LogP contribution in [0.3, 0.4) is 0 Å². The van der Waals surface area contributed by atoms with Gasteiger partial charge in [0.05, 0.1) is 27.9 Å². The number of rotatable bonds is 7. The summed E-state index contributed by atoms with van der Waals surface area (Å²) >= 11 is 0. The van der Waals surface area contributed by atoms with Crippen LogP contribution in [0.4, 0.5) is 5.95 Å². The van der Waals surface area contributed by atoms with E-state index < -0.39 is 23.8 Å². The van der Waals surface area contributed by atoms with Crippen molar-refractivity contribution in [1.82, 2.24) is 20.2 Å². The zero-order valence-corrected chi connectivity index (χ0v) is 20.8. The zero-order chi connectivity index (χ0) is 25.7. The number of guanidine groups is 1. The van der Waals surface area contributed by atoms with Crippen LogP contribution in [0.5, 0.6) is 17.2 Å². The van der Waals surface area contributed by atoms with Gasteiger partial charge in [0.25, 0.3) is 0 Å². The van der Waals surface area contributed by atoms with Crippen molar-refractivity contribution in [2.75, 3.05) is 59.0 Å². The predicted molar refractivity (Wildman–Crippen MR) is 130 cm³/mol. The minimum absolute atomic E-state index is 0.144. The molecule has 1 aromatic heterocycles. The first-order chi connectivity index (χ1) is 17.5. The topological polar surface area (TPSA) is 128 Å². The number of amides is 1. The lowest BCUT2D eigenvalue weighted by Gasteiger charge is -2.38. The molecule has 2 atom stereocenters. The molecule has 0 saturated carbocycles. The molecule has 0 aliphatic carbocycles. The summed E-state index contributed by atoms with van der Waals surface area (Å²) in [6.45, 7) is 4.30. The van der Waals surface area contributed by atoms with Gasteiger partial charge in [-0.15, -0.1) is 0 Å². The molecule has 1 fully saturated rings. The number of esters is 1. The summed E-state index contributed by atoms with van der Waals surface area (Å²) < 4.78 is 21.6. The van der Waals surface area contributed by atoms with E-state index in [0.717, 1.165) is 0 Å². The summed E-state index contributed by atoms with van der Waals surface area (Å²) in [5.74, 6) is -0.0519. The van der Waals surface area contributed by atoms with E-state index in [-0.39, 0.29) is 6.61 Å². The van der Waals surface area contributed by atoms with Crippen LogP contribution in [0, 0.1) is 5.92 Å². The fourth-order valence-corrected chi connectivity index (χ4v) is 4.31. The monoisotopic (exact) mass is 498 g/mol. The van der Waals surface area contributed by atoms with Crippen LogP contribution in [0.15, 0.2) is 35.6 Å². The van der Waals surface area contributed by atoms with Gasteiger partial charge in [-0.3, -0.25) is 14.9 Å². The van der Waals surface area contributed by atoms with Crippen molar-refractivity contribution in [3.8, 4) is 17.2 Å². The van der Waals surface area contributed by atoms with E-state index in [4.69, 9.17) is 23.9 Å². The van der Waals surface area contributed by atoms with Gasteiger partial charge in [0.2, 0.25) is 23.6 Å². The molecule has 1 saturated heterocycles. The molecule has 2 aliphatic heterocycles. The molecule has 3 heterocycles. The van der Waals surface area contributed by atoms with E-state index in [9.17, 15) is 9.59 Å². The molecule has 12 nitrogen and oxygen atoms in total. The van der Waals surface area contributed by atoms with Crippen LogP contribution in [0.2, 0.25) is 0 Å². The Hall–Kier alpha value is -4.09. The van der Waals surface area contributed by atoms with Gasteiger partial charge in [0.15, 0.2) is 17.4 Å². The van der Waals surface area contributed by atoms with E-state index in [1.54, 1.807) is 37.5 Å². The van der Waals surface area contributed by atoms with Gasteiger partial charge in [0, 0.05) is 38.6 Å². The fourth-order valence-electron chi connectivity index (χ4n) is 4.31. The number of nitrogens with zero attached hydrogens (tertiary/aromatic N) is 5. The SMILES string of the molecule is CCOC(=O)[C@H]1C(=O)NC(N2CCN(c3ncccn3)CC2)=N[C@@H]1c1cc(OC)c(OC)c(OC)c1. The molecule has 192 valence electrons. The summed E-state index contributed by atoms with van der Waals surface area (Å²) in [5.41, 5.74) is 0.561. The average Bonchev–Trinajstić information content (AvgIpc) is 2.92. The van der Waals surface area contributed by atoms with Gasteiger partial charge in [-0.05, 0) is 30.7 Å². The van der Waals surface area contributed by atoms with Crippen molar-refractivity contribution in [3.05, 3.63) is 36.2 Å². The second-order valence-corrected chi connectivity index (χ2v) is 8.10. The van der Waals surface area contributed by atoms with Crippen molar-refractivity contribution < 1.29 is 28.5 Å². The molecule has 12 heteroatoms. The van der Waals surface area contributed by atoms with Crippen molar-refractivity contribution >= 4 is 23.8 Å². The number of carbonyl (C=O) groups is 2. The molecule has 4 rings (SSSR count). The number of aliphatic imine (C=N–C) groups is 1. The van der Waals surface area contributed by atoms with Crippen LogP contribution in [-0.4, -0.2) is 86.8 Å². The molecule has 0 bridgehead atoms. The maximum atomic E-state index is 13.2. The first-order valence-electron chi connectivity index (χ1n) is 11.6. The first kappa shape index (κ1) is 25.0. The van der Waals surface area contributed by atoms with Crippen LogP contribution < -0.4 is 24.4 Å². The number of ether oxygens (including phenoxy) is 4. The molecular weight excluding hydrogens is 468 g/mol. The number of hydrogen-bond acceptors (Lipinski definition) is 11. The molecule has 2 aromatic rings. The third-order valence-electron chi connectivity index (χ3n) is 6.08. The van der Waals surface area contributed by atoms with Crippen molar-refractivity contribution in [2.45, 2.75) is 13.0 Å². The lowest BCUT2D eigenvalue weighted by Crippen LogP contribution is -2.57. The number of benzene rings is 1. The van der Waals surface area contributed by atoms with Gasteiger partial charge in [-0.25, -0.2) is 15.0 Å². The standard InChI is InChI=1S/C24H30N6O6/c1-5-36-22(32)18-19(15-13-16(33-2)20(35-4)17(14-15)34-3)27-24(28-21(18)31)30-11-9-29(10-12-30)23-25-7-6-8-26-23/h6-8,13-14,18-19H,5,9-12H2,1-4H3,(H,27,28,31)/t18-,19-/m1/s1. The van der Waals surface area contributed by atoms with Gasteiger partial charge in [0.1, 0.15) is 6.04 Å². The Labute approximate surface area is 209 Å². The predicted octanol–water partition coefficient (Wildman–Crippen LogP) is 1.03. The Balaban J connectivity index is 1.67. The Morgan fingerprint density at radius 2 is 1.61 bits per heavy atom. The molecule has 0 unspecified atom stereocenters. The summed E-state index contributed by atoms with van der Waals surface area (Å²) in [6, 6.07) is 4.32. The second-order valence-electron chi connectivity index (χ2n) is 8.10. The van der Waals surface area contributed by atoms with Gasteiger partial charge in [-0.2, -0.15) is 0 Å². The molecule has 36 heavy (non-hydrogen) atoms. The van der Waals surface area contributed by atoms with E-state index in [1.165, 1.54) is 21.3 Å². The highest BCUT2D eigenvalue weighted by atomic mass is 16.5. The number of aromatic nitrogens is 2. The average molecular weight is 499 g/mol. The Morgan fingerprint density at radius 1 is 1.00 bits per heavy atom. The molecule has 1 aromatic carbocycles. The number of anilines is 1. The van der Waals surface area contributed by atoms with Crippen molar-refractivity contribution in [3.63, 3.8) is 0 Å². The Bertz CT molecular complexity index is 1090. The molecular formula is C24H30N6O6. The highest BCUT2D eigenvalue weighted by Crippen LogP contribution is 2.42. The minimum Gasteiger partial charge on any atom is -0.493 e. The van der Waals surface area contributed by atoms with E-state index in [0.29, 0.717) is 60.9 Å². The lowest BCUT2D eigenvalue weighted by molar-refractivity contribution is -0.153. The van der Waals surface area contributed by atoms with Crippen molar-refractivity contribution in [2.24, 2.45) is 10.9 Å². The zero-order valence-electron chi connectivity index (χ0n) is 20.8. The largest absolute Gasteiger partial charge is 0.493 e. The van der Waals surface area contributed by atoms with Gasteiger partial charge in [-0.1, -0.05) is 0 Å². The Kier molecular flexibility index (Phi) is 7.71. The third-order valence-corrected chi connectivity index (χ3v) is 6.08. The lowest BCUT2D eigenvalue weighted by atomic mass is 9.90. The van der Waals surface area contributed by atoms with Crippen LogP contribution in [0.25, 0.3) is 0 Å². The van der Waals surface area contributed by atoms with Gasteiger partial charge >= 0.3 is 5.97 Å². The van der Waals surface area contributed by atoms with Crippen LogP contribution in [-0.2, 0) is 14.3 Å². The van der Waals surface area contributed by atoms with E-state index >= 15 is 0 Å². The third kappa shape index (κ3) is 4.97. The smallest absolute Gasteiger partial charge is 0.321 e. The molecule has 1 amide bonds. The van der Waals surface area contributed by atoms with E-state index in [1.807, 2.05) is 4.90 Å². The molecule has 0 spiro atoms. The normalized spacial score (nSPS) is 19.8. The van der Waals surface area contributed by atoms with E-state index in [2.05, 4.69) is 20.2 Å². The van der Waals surface area contributed by atoms with Crippen molar-refractivity contribution in [1.29, 1.82) is 0 Å². The quantitative estimate of drug-likeness (QED) is 0.437. The summed E-state index contributed by atoms with van der Waals surface area (Å²) in [5, 5.41) is 2.81. The molecule has 2 aliphatic rings. The summed E-state index contributed by atoms with van der Waals surface area (Å²) in [7, 11) is 4.51. The number of piperazine rings is 1. The minimum atomic E-state index is -1.17. The number of carbonyl (C=O) groups excluding carboxylic acids is 2. The summed E-state index contributed by atoms with van der Waals surface area (Å²) in [4.78, 5) is 43.5. The first-order valence-corrected chi connectivity index (χ1v) is 11.6. The molecule has 0 radical (unpaired) electrons. The highest BCUT2D eigenvalue weighted by molar-refractivity contribution is 6.08. The fraction of sp³-hybridized carbons (Fsp3) is 0.458. The van der Waals surface area contributed by atoms with Crippen LogP contribution in [0.1, 0.15) is 18.5 Å². The Morgan fingerprint density at radius 3 is 2.17 bits per heavy atom. The number of nitrogens with one attached hydrogen (secondary N) is 1. The number of hydrogen-bond donors (Lipinski definition) is 1. The summed E-state index contributed by atoms with van der Waals surface area (Å²) in [6.07, 6.45) is 3.41. The van der Waals surface area contributed by atoms with Gasteiger partial charge < -0.3 is 28.7 Å². The molecule has 1 N–H and O–H groups in total. The highest BCUT2D eigenvalue weighted by Gasteiger charge is 2.43. The second kappa shape index (κ2) is 11.1. The van der Waals surface area contributed by atoms with Crippen LogP contribution >= 0.6 is 0 Å². The number of methoxy groups -OCH3 is 3. The maximum absolute atomic E-state index is 13.2. The maximum Gasteiger partial charge on any atom is 0.321 e.